The highest BCUT2D eigenvalue weighted by Crippen LogP contribution is 2.50. The van der Waals surface area contributed by atoms with Gasteiger partial charge >= 0.3 is 0 Å². The van der Waals surface area contributed by atoms with Crippen molar-refractivity contribution in [2.24, 2.45) is 11.7 Å². The predicted octanol–water partition coefficient (Wildman–Crippen LogP) is 2.41. The van der Waals surface area contributed by atoms with E-state index in [9.17, 15) is 0 Å². The smallest absolute Gasteiger partial charge is 0.140 e. The maximum absolute atomic E-state index is 6.04. The van der Waals surface area contributed by atoms with E-state index in [0.29, 0.717) is 16.9 Å². The maximum Gasteiger partial charge on any atom is 0.140 e. The molecule has 0 spiro atoms. The quantitative estimate of drug-likeness (QED) is 0.834. The van der Waals surface area contributed by atoms with E-state index >= 15 is 0 Å². The lowest BCUT2D eigenvalue weighted by atomic mass is 10.1. The lowest BCUT2D eigenvalue weighted by molar-refractivity contribution is 0.409. The lowest BCUT2D eigenvalue weighted by Crippen LogP contribution is -2.02. The first-order chi connectivity index (χ1) is 6.77. The molecule has 0 aromatic heterocycles. The molecule has 2 nitrogen and oxygen atoms in total. The van der Waals surface area contributed by atoms with Crippen molar-refractivity contribution in [3.05, 3.63) is 28.8 Å². The summed E-state index contributed by atoms with van der Waals surface area (Å²) in [5.74, 6) is 1.98. The van der Waals surface area contributed by atoms with Gasteiger partial charge in [-0.15, -0.1) is 0 Å². The van der Waals surface area contributed by atoms with Gasteiger partial charge in [-0.05, 0) is 36.4 Å². The van der Waals surface area contributed by atoms with Gasteiger partial charge < -0.3 is 10.5 Å². The van der Waals surface area contributed by atoms with Crippen LogP contribution in [0.25, 0.3) is 0 Å². The number of rotatable bonds is 3. The molecular weight excluding hydrogens is 198 g/mol. The van der Waals surface area contributed by atoms with Gasteiger partial charge in [-0.3, -0.25) is 0 Å². The van der Waals surface area contributed by atoms with Crippen LogP contribution >= 0.6 is 11.6 Å². The molecule has 0 bridgehead atoms. The highest BCUT2D eigenvalue weighted by atomic mass is 35.5. The number of hydrogen-bond donors (Lipinski definition) is 1. The minimum atomic E-state index is 0.550. The SMILES string of the molecule is COc1c(Cl)cccc1[C@@H]1C[C@H]1CN. The van der Waals surface area contributed by atoms with Crippen molar-refractivity contribution in [2.75, 3.05) is 13.7 Å². The first-order valence-corrected chi connectivity index (χ1v) is 5.18. The van der Waals surface area contributed by atoms with Crippen LogP contribution in [-0.2, 0) is 0 Å². The predicted molar refractivity (Wildman–Crippen MR) is 57.9 cm³/mol. The average Bonchev–Trinajstić information content (AvgIpc) is 2.96. The summed E-state index contributed by atoms with van der Waals surface area (Å²) in [6, 6.07) is 5.89. The molecule has 0 saturated heterocycles. The van der Waals surface area contributed by atoms with E-state index < -0.39 is 0 Å². The van der Waals surface area contributed by atoms with Crippen LogP contribution in [0.4, 0.5) is 0 Å². The van der Waals surface area contributed by atoms with Crippen LogP contribution in [0.15, 0.2) is 18.2 Å². The zero-order valence-corrected chi connectivity index (χ0v) is 8.92. The molecule has 3 heteroatoms. The first kappa shape index (κ1) is 9.81. The van der Waals surface area contributed by atoms with Gasteiger partial charge in [0.1, 0.15) is 5.75 Å². The summed E-state index contributed by atoms with van der Waals surface area (Å²) in [6.07, 6.45) is 1.16. The van der Waals surface area contributed by atoms with Crippen molar-refractivity contribution >= 4 is 11.6 Å². The standard InChI is InChI=1S/C11H14ClNO/c1-14-11-8(3-2-4-10(11)12)9-5-7(9)6-13/h2-4,7,9H,5-6,13H2,1H3/t7-,9+/m0/s1. The molecule has 14 heavy (non-hydrogen) atoms. The second kappa shape index (κ2) is 3.79. The van der Waals surface area contributed by atoms with Crippen LogP contribution in [-0.4, -0.2) is 13.7 Å². The molecule has 1 saturated carbocycles. The fourth-order valence-corrected chi connectivity index (χ4v) is 2.18. The van der Waals surface area contributed by atoms with Crippen LogP contribution in [0.2, 0.25) is 5.02 Å². The van der Waals surface area contributed by atoms with Crippen LogP contribution < -0.4 is 10.5 Å². The molecule has 2 N–H and O–H groups in total. The van der Waals surface area contributed by atoms with E-state index in [2.05, 4.69) is 6.07 Å². The molecule has 2 rings (SSSR count). The van der Waals surface area contributed by atoms with Crippen LogP contribution in [0, 0.1) is 5.92 Å². The molecule has 2 atom stereocenters. The molecule has 1 fully saturated rings. The molecule has 1 aromatic carbocycles. The Balaban J connectivity index is 2.29. The molecule has 0 heterocycles. The normalized spacial score (nSPS) is 24.8. The molecule has 1 aliphatic rings. The number of hydrogen-bond acceptors (Lipinski definition) is 2. The van der Waals surface area contributed by atoms with Crippen molar-refractivity contribution in [1.29, 1.82) is 0 Å². The van der Waals surface area contributed by atoms with Gasteiger partial charge in [0.05, 0.1) is 12.1 Å². The van der Waals surface area contributed by atoms with Crippen molar-refractivity contribution in [3.63, 3.8) is 0 Å². The second-order valence-corrected chi connectivity index (χ2v) is 4.11. The minimum absolute atomic E-state index is 0.550. The number of methoxy groups -OCH3 is 1. The Morgan fingerprint density at radius 1 is 1.57 bits per heavy atom. The Morgan fingerprint density at radius 2 is 2.36 bits per heavy atom. The topological polar surface area (TPSA) is 35.2 Å². The summed E-state index contributed by atoms with van der Waals surface area (Å²) in [5.41, 5.74) is 6.82. The number of benzene rings is 1. The van der Waals surface area contributed by atoms with Crippen molar-refractivity contribution in [1.82, 2.24) is 0 Å². The highest BCUT2D eigenvalue weighted by Gasteiger charge is 2.39. The zero-order valence-electron chi connectivity index (χ0n) is 8.16. The fraction of sp³-hybridized carbons (Fsp3) is 0.455. The summed E-state index contributed by atoms with van der Waals surface area (Å²) < 4.78 is 5.30. The Hall–Kier alpha value is -0.730. The van der Waals surface area contributed by atoms with Gasteiger partial charge in [0.25, 0.3) is 0 Å². The Kier molecular flexibility index (Phi) is 2.66. The third-order valence-corrected chi connectivity index (χ3v) is 3.12. The van der Waals surface area contributed by atoms with Crippen LogP contribution in [0.3, 0.4) is 0 Å². The summed E-state index contributed by atoms with van der Waals surface area (Å²) in [4.78, 5) is 0. The van der Waals surface area contributed by atoms with Crippen molar-refractivity contribution in [2.45, 2.75) is 12.3 Å². The number of halogens is 1. The monoisotopic (exact) mass is 211 g/mol. The molecule has 0 amide bonds. The summed E-state index contributed by atoms with van der Waals surface area (Å²) in [5, 5.41) is 0.688. The number of ether oxygens (including phenoxy) is 1. The summed E-state index contributed by atoms with van der Waals surface area (Å²) >= 11 is 6.04. The van der Waals surface area contributed by atoms with E-state index in [0.717, 1.165) is 18.7 Å². The fourth-order valence-electron chi connectivity index (χ4n) is 1.92. The van der Waals surface area contributed by atoms with Gasteiger partial charge in [-0.1, -0.05) is 23.7 Å². The molecule has 1 aromatic rings. The number of para-hydroxylation sites is 1. The third-order valence-electron chi connectivity index (χ3n) is 2.83. The largest absolute Gasteiger partial charge is 0.495 e. The molecule has 0 radical (unpaired) electrons. The van der Waals surface area contributed by atoms with E-state index in [4.69, 9.17) is 22.1 Å². The van der Waals surface area contributed by atoms with E-state index in [-0.39, 0.29) is 0 Å². The van der Waals surface area contributed by atoms with Gasteiger partial charge in [0.2, 0.25) is 0 Å². The summed E-state index contributed by atoms with van der Waals surface area (Å²) in [6.45, 7) is 0.750. The van der Waals surface area contributed by atoms with E-state index in [1.165, 1.54) is 5.56 Å². The lowest BCUT2D eigenvalue weighted by Gasteiger charge is -2.09. The third kappa shape index (κ3) is 1.60. The molecular formula is C11H14ClNO. The first-order valence-electron chi connectivity index (χ1n) is 4.80. The molecule has 1 aliphatic carbocycles. The molecule has 76 valence electrons. The van der Waals surface area contributed by atoms with Gasteiger partial charge in [0.15, 0.2) is 0 Å². The highest BCUT2D eigenvalue weighted by molar-refractivity contribution is 6.32. The zero-order chi connectivity index (χ0) is 10.1. The second-order valence-electron chi connectivity index (χ2n) is 3.70. The maximum atomic E-state index is 6.04. The minimum Gasteiger partial charge on any atom is -0.495 e. The average molecular weight is 212 g/mol. The van der Waals surface area contributed by atoms with Gasteiger partial charge in [0, 0.05) is 0 Å². The Labute approximate surface area is 89.0 Å². The Bertz CT molecular complexity index is 340. The van der Waals surface area contributed by atoms with E-state index in [1.54, 1.807) is 7.11 Å². The van der Waals surface area contributed by atoms with E-state index in [1.807, 2.05) is 12.1 Å². The van der Waals surface area contributed by atoms with Crippen LogP contribution in [0.1, 0.15) is 17.9 Å². The summed E-state index contributed by atoms with van der Waals surface area (Å²) in [7, 11) is 1.66. The van der Waals surface area contributed by atoms with Crippen molar-refractivity contribution in [3.8, 4) is 5.75 Å². The van der Waals surface area contributed by atoms with Gasteiger partial charge in [-0.2, -0.15) is 0 Å². The van der Waals surface area contributed by atoms with Gasteiger partial charge in [-0.25, -0.2) is 0 Å². The van der Waals surface area contributed by atoms with Crippen LogP contribution in [0.5, 0.6) is 5.75 Å². The number of nitrogens with two attached hydrogens (primary N) is 1. The molecule has 0 aliphatic heterocycles. The Morgan fingerprint density at radius 3 is 2.93 bits per heavy atom. The molecule has 0 unspecified atom stereocenters. The van der Waals surface area contributed by atoms with Crippen molar-refractivity contribution < 1.29 is 4.74 Å².